The summed E-state index contributed by atoms with van der Waals surface area (Å²) in [6, 6.07) is 11.4. The third-order valence-corrected chi connectivity index (χ3v) is 4.90. The third kappa shape index (κ3) is 2.41. The minimum absolute atomic E-state index is 0.0617. The normalized spacial score (nSPS) is 22.1. The molecule has 0 saturated carbocycles. The number of para-hydroxylation sites is 1. The molecule has 1 atom stereocenters. The van der Waals surface area contributed by atoms with Gasteiger partial charge in [-0.1, -0.05) is 35.5 Å². The van der Waals surface area contributed by atoms with E-state index in [0.717, 1.165) is 11.1 Å². The van der Waals surface area contributed by atoms with Crippen molar-refractivity contribution in [3.63, 3.8) is 0 Å². The van der Waals surface area contributed by atoms with Gasteiger partial charge < -0.3 is 4.84 Å². The number of halogens is 1. The van der Waals surface area contributed by atoms with Crippen LogP contribution in [-0.4, -0.2) is 23.1 Å². The maximum absolute atomic E-state index is 13.1. The quantitative estimate of drug-likeness (QED) is 0.780. The second-order valence-corrected chi connectivity index (χ2v) is 6.76. The van der Waals surface area contributed by atoms with E-state index >= 15 is 0 Å². The predicted octanol–water partition coefficient (Wildman–Crippen LogP) is 3.27. The number of imide groups is 1. The summed E-state index contributed by atoms with van der Waals surface area (Å²) in [7, 11) is 0. The van der Waals surface area contributed by atoms with Crippen molar-refractivity contribution in [2.24, 2.45) is 5.16 Å². The van der Waals surface area contributed by atoms with Gasteiger partial charge in [0.2, 0.25) is 11.5 Å². The summed E-state index contributed by atoms with van der Waals surface area (Å²) in [5, 5.41) is 4.02. The summed E-state index contributed by atoms with van der Waals surface area (Å²) in [5.74, 6) is -1.06. The molecular formula is C20H17FN2O3. The van der Waals surface area contributed by atoms with E-state index in [1.165, 1.54) is 17.0 Å². The van der Waals surface area contributed by atoms with Crippen LogP contribution in [0.2, 0.25) is 0 Å². The first-order valence-electron chi connectivity index (χ1n) is 8.36. The number of hydrogen-bond donors (Lipinski definition) is 0. The van der Waals surface area contributed by atoms with Gasteiger partial charge in [-0.05, 0) is 42.7 Å². The van der Waals surface area contributed by atoms with Crippen LogP contribution in [0.3, 0.4) is 0 Å². The predicted molar refractivity (Wildman–Crippen MR) is 94.4 cm³/mol. The lowest BCUT2D eigenvalue weighted by atomic mass is 9.92. The lowest BCUT2D eigenvalue weighted by Crippen LogP contribution is -2.41. The van der Waals surface area contributed by atoms with Crippen molar-refractivity contribution >= 4 is 23.2 Å². The minimum Gasteiger partial charge on any atom is -0.378 e. The molecule has 0 radical (unpaired) electrons. The molecule has 26 heavy (non-hydrogen) atoms. The molecule has 5 nitrogen and oxygen atoms in total. The molecule has 0 aromatic heterocycles. The summed E-state index contributed by atoms with van der Waals surface area (Å²) in [4.78, 5) is 32.5. The number of oxime groups is 1. The highest BCUT2D eigenvalue weighted by atomic mass is 19.1. The number of rotatable bonds is 2. The number of carbonyl (C=O) groups excluding carboxylic acids is 2. The standard InChI is InChI=1S/C20H17FN2O3/c1-12-4-3-5-13(2)18(12)23-17(24)11-20(19(23)25)10-16(22-26-20)14-6-8-15(21)9-7-14/h3-9H,10-11H2,1-2H3. The summed E-state index contributed by atoms with van der Waals surface area (Å²) >= 11 is 0. The summed E-state index contributed by atoms with van der Waals surface area (Å²) in [5.41, 5.74) is 2.21. The molecule has 2 aliphatic rings. The average Bonchev–Trinajstić information content (AvgIpc) is 3.12. The number of nitrogens with zero attached hydrogens (tertiary/aromatic N) is 2. The fourth-order valence-corrected chi connectivity index (χ4v) is 3.58. The van der Waals surface area contributed by atoms with Gasteiger partial charge in [0.15, 0.2) is 0 Å². The molecule has 4 rings (SSSR count). The summed E-state index contributed by atoms with van der Waals surface area (Å²) < 4.78 is 13.1. The molecule has 2 aromatic rings. The van der Waals surface area contributed by atoms with Crippen LogP contribution in [0.15, 0.2) is 47.6 Å². The van der Waals surface area contributed by atoms with Crippen molar-refractivity contribution in [1.82, 2.24) is 0 Å². The van der Waals surface area contributed by atoms with E-state index < -0.39 is 11.5 Å². The molecule has 1 spiro atoms. The largest absolute Gasteiger partial charge is 0.378 e. The maximum atomic E-state index is 13.1. The average molecular weight is 352 g/mol. The first kappa shape index (κ1) is 16.4. The van der Waals surface area contributed by atoms with Crippen molar-refractivity contribution in [2.45, 2.75) is 32.3 Å². The summed E-state index contributed by atoms with van der Waals surface area (Å²) in [6.07, 6.45) is 0.123. The van der Waals surface area contributed by atoms with E-state index in [-0.39, 0.29) is 24.6 Å². The third-order valence-electron chi connectivity index (χ3n) is 4.90. The number of amides is 2. The van der Waals surface area contributed by atoms with Gasteiger partial charge in [0.25, 0.3) is 5.91 Å². The van der Waals surface area contributed by atoms with Gasteiger partial charge in [-0.2, -0.15) is 0 Å². The van der Waals surface area contributed by atoms with Gasteiger partial charge in [0.1, 0.15) is 5.82 Å². The Hall–Kier alpha value is -3.02. The molecule has 0 bridgehead atoms. The van der Waals surface area contributed by atoms with Crippen LogP contribution in [0.4, 0.5) is 10.1 Å². The van der Waals surface area contributed by atoms with Crippen molar-refractivity contribution in [3.05, 3.63) is 65.0 Å². The smallest absolute Gasteiger partial charge is 0.281 e. The molecule has 6 heteroatoms. The van der Waals surface area contributed by atoms with E-state index in [1.807, 2.05) is 32.0 Å². The molecule has 1 unspecified atom stereocenters. The van der Waals surface area contributed by atoms with Crippen LogP contribution in [0.5, 0.6) is 0 Å². The highest BCUT2D eigenvalue weighted by Crippen LogP contribution is 2.40. The molecule has 132 valence electrons. The van der Waals surface area contributed by atoms with Crippen molar-refractivity contribution < 1.29 is 18.8 Å². The molecule has 0 aliphatic carbocycles. The van der Waals surface area contributed by atoms with Crippen molar-refractivity contribution in [1.29, 1.82) is 0 Å². The molecule has 0 N–H and O–H groups in total. The monoisotopic (exact) mass is 352 g/mol. The Balaban J connectivity index is 1.65. The van der Waals surface area contributed by atoms with Gasteiger partial charge in [-0.25, -0.2) is 9.29 Å². The fourth-order valence-electron chi connectivity index (χ4n) is 3.58. The molecule has 1 saturated heterocycles. The Morgan fingerprint density at radius 2 is 1.69 bits per heavy atom. The van der Waals surface area contributed by atoms with Crippen LogP contribution >= 0.6 is 0 Å². The van der Waals surface area contributed by atoms with Gasteiger partial charge >= 0.3 is 0 Å². The Kier molecular flexibility index (Phi) is 3.64. The maximum Gasteiger partial charge on any atom is 0.281 e. The van der Waals surface area contributed by atoms with Gasteiger partial charge in [0.05, 0.1) is 17.8 Å². The number of anilines is 1. The number of benzene rings is 2. The van der Waals surface area contributed by atoms with Gasteiger partial charge in [-0.15, -0.1) is 0 Å². The van der Waals surface area contributed by atoms with E-state index in [9.17, 15) is 14.0 Å². The molecule has 2 heterocycles. The van der Waals surface area contributed by atoms with E-state index in [4.69, 9.17) is 4.84 Å². The SMILES string of the molecule is Cc1cccc(C)c1N1C(=O)CC2(CC(c3ccc(F)cc3)=NO2)C1=O. The van der Waals surface area contributed by atoms with Crippen molar-refractivity contribution in [2.75, 3.05) is 4.90 Å². The van der Waals surface area contributed by atoms with E-state index in [0.29, 0.717) is 17.0 Å². The highest BCUT2D eigenvalue weighted by molar-refractivity contribution is 6.26. The van der Waals surface area contributed by atoms with E-state index in [2.05, 4.69) is 5.16 Å². The second-order valence-electron chi connectivity index (χ2n) is 6.76. The molecular weight excluding hydrogens is 335 g/mol. The first-order chi connectivity index (χ1) is 12.4. The number of aryl methyl sites for hydroxylation is 2. The van der Waals surface area contributed by atoms with Crippen LogP contribution < -0.4 is 4.90 Å². The second kappa shape index (κ2) is 5.76. The van der Waals surface area contributed by atoms with Crippen LogP contribution in [0.1, 0.15) is 29.5 Å². The lowest BCUT2D eigenvalue weighted by molar-refractivity contribution is -0.136. The van der Waals surface area contributed by atoms with Gasteiger partial charge in [-0.3, -0.25) is 9.59 Å². The van der Waals surface area contributed by atoms with Gasteiger partial charge in [0, 0.05) is 6.42 Å². The zero-order valence-electron chi connectivity index (χ0n) is 14.5. The fraction of sp³-hybridized carbons (Fsp3) is 0.250. The zero-order valence-corrected chi connectivity index (χ0v) is 14.5. The Labute approximate surface area is 150 Å². The topological polar surface area (TPSA) is 59.0 Å². The van der Waals surface area contributed by atoms with E-state index in [1.54, 1.807) is 12.1 Å². The minimum atomic E-state index is -1.31. The first-order valence-corrected chi connectivity index (χ1v) is 8.36. The van der Waals surface area contributed by atoms with Crippen molar-refractivity contribution in [3.8, 4) is 0 Å². The Morgan fingerprint density at radius 3 is 2.35 bits per heavy atom. The van der Waals surface area contributed by atoms with Crippen LogP contribution in [0.25, 0.3) is 0 Å². The molecule has 1 fully saturated rings. The van der Waals surface area contributed by atoms with Crippen LogP contribution in [-0.2, 0) is 14.4 Å². The molecule has 2 aromatic carbocycles. The lowest BCUT2D eigenvalue weighted by Gasteiger charge is -2.22. The number of carbonyl (C=O) groups is 2. The Morgan fingerprint density at radius 1 is 1.04 bits per heavy atom. The summed E-state index contributed by atoms with van der Waals surface area (Å²) in [6.45, 7) is 3.73. The highest BCUT2D eigenvalue weighted by Gasteiger charge is 2.58. The molecule has 2 aliphatic heterocycles. The van der Waals surface area contributed by atoms with Crippen LogP contribution in [0, 0.1) is 19.7 Å². The molecule has 2 amide bonds. The number of hydrogen-bond acceptors (Lipinski definition) is 4. The zero-order chi connectivity index (χ0) is 18.5. The Bertz CT molecular complexity index is 932.